The molecular formula is C33H33N3O6S. The second-order valence-corrected chi connectivity index (χ2v) is 12.7. The third kappa shape index (κ3) is 5.55. The molecular weight excluding hydrogens is 566 g/mol. The van der Waals surface area contributed by atoms with Gasteiger partial charge >= 0.3 is 0 Å². The summed E-state index contributed by atoms with van der Waals surface area (Å²) in [7, 11) is -4.25. The quantitative estimate of drug-likeness (QED) is 0.213. The van der Waals surface area contributed by atoms with Gasteiger partial charge in [-0.15, -0.1) is 0 Å². The predicted octanol–water partition coefficient (Wildman–Crippen LogP) is 6.16. The van der Waals surface area contributed by atoms with Crippen LogP contribution in [-0.4, -0.2) is 38.6 Å². The smallest absolute Gasteiger partial charge is 0.265 e. The summed E-state index contributed by atoms with van der Waals surface area (Å²) in [5, 5.41) is 1.35. The number of nitrogen functional groups attached to an aromatic ring is 1. The highest BCUT2D eigenvalue weighted by Gasteiger charge is 2.28. The van der Waals surface area contributed by atoms with Gasteiger partial charge in [-0.3, -0.25) is 4.79 Å². The van der Waals surface area contributed by atoms with Crippen LogP contribution in [0.2, 0.25) is 0 Å². The van der Waals surface area contributed by atoms with Crippen LogP contribution in [0.5, 0.6) is 5.75 Å². The molecule has 1 amide bonds. The molecule has 3 heterocycles. The summed E-state index contributed by atoms with van der Waals surface area (Å²) in [6.07, 6.45) is 1.56. The van der Waals surface area contributed by atoms with Gasteiger partial charge in [0.1, 0.15) is 17.0 Å². The van der Waals surface area contributed by atoms with E-state index in [1.807, 2.05) is 57.2 Å². The van der Waals surface area contributed by atoms with Gasteiger partial charge in [0.15, 0.2) is 5.76 Å². The number of fused-ring (bicyclic) bond motifs is 2. The Bertz CT molecular complexity index is 1960. The standard InChI is InChI=1S/C33H33N3O6S/c1-19-11-12-29(41-21(3)22-13-15-40-16-14-22)30-26(33(37)36-43(38,39)24-8-6-7-23(34)17-24)18-27(35-31(19)30)32-20(2)25-9-4-5-10-28(25)42-32/h4-12,17-18,21-22H,13-16,34H2,1-3H3,(H,36,37). The highest BCUT2D eigenvalue weighted by atomic mass is 32.2. The molecule has 0 radical (unpaired) electrons. The van der Waals surface area contributed by atoms with E-state index in [1.54, 1.807) is 12.1 Å². The average Bonchev–Trinajstić information content (AvgIpc) is 3.34. The van der Waals surface area contributed by atoms with Crippen LogP contribution in [0.1, 0.15) is 41.3 Å². The molecule has 3 aromatic carbocycles. The Labute approximate surface area is 250 Å². The minimum atomic E-state index is -4.25. The van der Waals surface area contributed by atoms with Crippen molar-refractivity contribution in [3.63, 3.8) is 0 Å². The van der Waals surface area contributed by atoms with E-state index >= 15 is 0 Å². The maximum absolute atomic E-state index is 14.0. The van der Waals surface area contributed by atoms with Crippen LogP contribution in [0.15, 0.2) is 76.0 Å². The van der Waals surface area contributed by atoms with Gasteiger partial charge in [0.25, 0.3) is 15.9 Å². The fourth-order valence-corrected chi connectivity index (χ4v) is 6.68. The Morgan fingerprint density at radius 1 is 1.05 bits per heavy atom. The Hall–Kier alpha value is -4.41. The molecule has 3 N–H and O–H groups in total. The van der Waals surface area contributed by atoms with Gasteiger partial charge in [0, 0.05) is 29.9 Å². The highest BCUT2D eigenvalue weighted by Crippen LogP contribution is 2.38. The van der Waals surface area contributed by atoms with Gasteiger partial charge in [0.05, 0.1) is 27.5 Å². The molecule has 0 saturated carbocycles. The molecule has 222 valence electrons. The molecule has 0 bridgehead atoms. The molecule has 2 aromatic heterocycles. The molecule has 1 saturated heterocycles. The van der Waals surface area contributed by atoms with Crippen molar-refractivity contribution in [1.82, 2.24) is 9.71 Å². The molecule has 1 fully saturated rings. The number of rotatable bonds is 7. The number of ether oxygens (including phenoxy) is 2. The number of furan rings is 1. The molecule has 10 heteroatoms. The Balaban J connectivity index is 1.51. The third-order valence-corrected chi connectivity index (χ3v) is 9.41. The van der Waals surface area contributed by atoms with Crippen molar-refractivity contribution in [3.8, 4) is 17.2 Å². The number of aromatic nitrogens is 1. The topological polar surface area (TPSA) is 134 Å². The average molecular weight is 600 g/mol. The number of amides is 1. The first-order valence-corrected chi connectivity index (χ1v) is 15.7. The summed E-state index contributed by atoms with van der Waals surface area (Å²) in [6.45, 7) is 7.17. The number of benzene rings is 3. The lowest BCUT2D eigenvalue weighted by Gasteiger charge is -2.29. The number of nitrogens with one attached hydrogen (secondary N) is 1. The number of anilines is 1. The van der Waals surface area contributed by atoms with Crippen molar-refractivity contribution in [2.45, 2.75) is 44.6 Å². The van der Waals surface area contributed by atoms with Crippen LogP contribution in [0.25, 0.3) is 33.3 Å². The zero-order valence-corrected chi connectivity index (χ0v) is 25.0. The van der Waals surface area contributed by atoms with Crippen LogP contribution in [0.4, 0.5) is 5.69 Å². The van der Waals surface area contributed by atoms with Crippen LogP contribution in [-0.2, 0) is 14.8 Å². The van der Waals surface area contributed by atoms with Gasteiger partial charge in [-0.05, 0) is 81.5 Å². The lowest BCUT2D eigenvalue weighted by Crippen LogP contribution is -2.31. The molecule has 1 atom stereocenters. The van der Waals surface area contributed by atoms with Gasteiger partial charge < -0.3 is 19.6 Å². The van der Waals surface area contributed by atoms with E-state index in [0.717, 1.165) is 29.4 Å². The number of hydrogen-bond acceptors (Lipinski definition) is 8. The van der Waals surface area contributed by atoms with Crippen LogP contribution in [0, 0.1) is 19.8 Å². The van der Waals surface area contributed by atoms with Crippen LogP contribution in [0.3, 0.4) is 0 Å². The molecule has 0 spiro atoms. The molecule has 6 rings (SSSR count). The second-order valence-electron chi connectivity index (χ2n) is 11.0. The molecule has 1 aliphatic rings. The Morgan fingerprint density at radius 3 is 2.56 bits per heavy atom. The minimum absolute atomic E-state index is 0.102. The first-order valence-electron chi connectivity index (χ1n) is 14.2. The first-order chi connectivity index (χ1) is 20.6. The number of carbonyl (C=O) groups is 1. The maximum Gasteiger partial charge on any atom is 0.265 e. The molecule has 1 aliphatic heterocycles. The number of hydrogen-bond donors (Lipinski definition) is 2. The first kappa shape index (κ1) is 28.7. The van der Waals surface area contributed by atoms with E-state index in [0.29, 0.717) is 46.9 Å². The zero-order valence-electron chi connectivity index (χ0n) is 24.2. The van der Waals surface area contributed by atoms with Crippen LogP contribution >= 0.6 is 0 Å². The summed E-state index contributed by atoms with van der Waals surface area (Å²) >= 11 is 0. The van der Waals surface area contributed by atoms with E-state index in [-0.39, 0.29) is 28.2 Å². The summed E-state index contributed by atoms with van der Waals surface area (Å²) in [4.78, 5) is 18.8. The molecule has 43 heavy (non-hydrogen) atoms. The van der Waals surface area contributed by atoms with Gasteiger partial charge in [-0.2, -0.15) is 0 Å². The summed E-state index contributed by atoms with van der Waals surface area (Å²) in [5.41, 5.74) is 9.46. The monoisotopic (exact) mass is 599 g/mol. The van der Waals surface area contributed by atoms with E-state index < -0.39 is 15.9 Å². The van der Waals surface area contributed by atoms with Crippen LogP contribution < -0.4 is 15.2 Å². The summed E-state index contributed by atoms with van der Waals surface area (Å²) < 4.78 is 47.1. The van der Waals surface area contributed by atoms with Crippen molar-refractivity contribution in [2.24, 2.45) is 5.92 Å². The number of nitrogens with zero attached hydrogens (tertiary/aromatic N) is 1. The van der Waals surface area contributed by atoms with Crippen molar-refractivity contribution >= 4 is 43.5 Å². The summed E-state index contributed by atoms with van der Waals surface area (Å²) in [5.74, 6) is 0.402. The lowest BCUT2D eigenvalue weighted by atomic mass is 9.94. The molecule has 9 nitrogen and oxygen atoms in total. The molecule has 0 aliphatic carbocycles. The Morgan fingerprint density at radius 2 is 1.81 bits per heavy atom. The molecule has 5 aromatic rings. The largest absolute Gasteiger partial charge is 0.490 e. The van der Waals surface area contributed by atoms with E-state index in [1.165, 1.54) is 18.2 Å². The zero-order chi connectivity index (χ0) is 30.3. The fourth-order valence-electron chi connectivity index (χ4n) is 5.65. The van der Waals surface area contributed by atoms with Crippen molar-refractivity contribution in [1.29, 1.82) is 0 Å². The number of para-hydroxylation sites is 1. The van der Waals surface area contributed by atoms with E-state index in [4.69, 9.17) is 24.6 Å². The Kier molecular flexibility index (Phi) is 7.57. The van der Waals surface area contributed by atoms with Crippen molar-refractivity contribution in [3.05, 3.63) is 83.4 Å². The highest BCUT2D eigenvalue weighted by molar-refractivity contribution is 7.90. The minimum Gasteiger partial charge on any atom is -0.490 e. The van der Waals surface area contributed by atoms with E-state index in [2.05, 4.69) is 4.72 Å². The van der Waals surface area contributed by atoms with Gasteiger partial charge in [-0.1, -0.05) is 30.3 Å². The number of nitrogens with two attached hydrogens (primary N) is 1. The molecule has 1 unspecified atom stereocenters. The number of sulfonamides is 1. The van der Waals surface area contributed by atoms with Gasteiger partial charge in [-0.25, -0.2) is 18.1 Å². The van der Waals surface area contributed by atoms with Crippen molar-refractivity contribution < 1.29 is 27.1 Å². The maximum atomic E-state index is 14.0. The third-order valence-electron chi connectivity index (χ3n) is 8.08. The lowest BCUT2D eigenvalue weighted by molar-refractivity contribution is 0.0243. The predicted molar refractivity (Wildman–Crippen MR) is 166 cm³/mol. The number of pyridine rings is 1. The summed E-state index contributed by atoms with van der Waals surface area (Å²) in [6, 6.07) is 18.7. The fraction of sp³-hybridized carbons (Fsp3) is 0.273. The number of carbonyl (C=O) groups excluding carboxylic acids is 1. The van der Waals surface area contributed by atoms with Crippen molar-refractivity contribution in [2.75, 3.05) is 18.9 Å². The SMILES string of the molecule is Cc1c(-c2cc(C(=O)NS(=O)(=O)c3cccc(N)c3)c3c(OC(C)C4CCOCC4)ccc(C)c3n2)oc2ccccc12. The number of aryl methyl sites for hydroxylation is 2. The van der Waals surface area contributed by atoms with Gasteiger partial charge in [0.2, 0.25) is 0 Å². The van der Waals surface area contributed by atoms with E-state index in [9.17, 15) is 13.2 Å². The second kappa shape index (κ2) is 11.3. The normalized spacial score (nSPS) is 15.0.